The van der Waals surface area contributed by atoms with Crippen molar-refractivity contribution in [2.24, 2.45) is 11.1 Å². The number of nitrogens with zero attached hydrogens (tertiary/aromatic N) is 3. The Labute approximate surface area is 211 Å². The van der Waals surface area contributed by atoms with Crippen LogP contribution in [0.1, 0.15) is 40.0 Å². The fourth-order valence-electron chi connectivity index (χ4n) is 4.83. The number of oxime groups is 1. The molecule has 12 nitrogen and oxygen atoms in total. The molecule has 14 heteroatoms. The average molecular weight is 518 g/mol. The van der Waals surface area contributed by atoms with Crippen LogP contribution in [0.15, 0.2) is 22.7 Å². The number of aromatic carboxylic acids is 1. The summed E-state index contributed by atoms with van der Waals surface area (Å²) < 4.78 is 6.28. The highest BCUT2D eigenvalue weighted by molar-refractivity contribution is 7.13. The third kappa shape index (κ3) is 5.31. The number of anilines is 1. The second-order valence-corrected chi connectivity index (χ2v) is 10.4. The summed E-state index contributed by atoms with van der Waals surface area (Å²) in [6, 6.07) is 3.50. The number of rotatable bonds is 7. The van der Waals surface area contributed by atoms with Gasteiger partial charge in [-0.25, -0.2) is 9.78 Å². The highest BCUT2D eigenvalue weighted by Crippen LogP contribution is 2.35. The standard InChI is InChI=1S/C22H28BN5O7S/c1-28(6-4-12(10-29)5-7-28)9-14-3-2-13-8-16(23(33)35-19(13)17(14)21(31)32)26-20(30)18(27-34)15-11-36-22(24)25-15/h2-3,11-12,16,29,33H,4-10H2,1H3,(H4-,24,25,26,30,31,32,34)/p+1/t12?,16-,28?/m0/s1. The number of amides is 1. The topological polar surface area (TPSA) is 188 Å². The number of nitrogens with one attached hydrogen (secondary N) is 1. The number of carbonyl (C=O) groups excluding carboxylic acids is 1. The van der Waals surface area contributed by atoms with Gasteiger partial charge in [0.15, 0.2) is 10.8 Å². The van der Waals surface area contributed by atoms with Crippen LogP contribution in [0, 0.1) is 5.92 Å². The Morgan fingerprint density at radius 3 is 2.67 bits per heavy atom. The summed E-state index contributed by atoms with van der Waals surface area (Å²) in [5.74, 6) is -2.53. The number of carboxylic acid groups (broad SMARTS) is 1. The molecule has 0 aliphatic carbocycles. The lowest BCUT2D eigenvalue weighted by Gasteiger charge is -2.41. The number of carbonyl (C=O) groups is 2. The number of quaternary nitrogens is 1. The molecule has 0 bridgehead atoms. The molecule has 7 N–H and O–H groups in total. The third-order valence-electron chi connectivity index (χ3n) is 6.92. The van der Waals surface area contributed by atoms with Gasteiger partial charge in [-0.3, -0.25) is 4.79 Å². The minimum absolute atomic E-state index is 0.00415. The van der Waals surface area contributed by atoms with Crippen LogP contribution in [-0.4, -0.2) is 87.3 Å². The van der Waals surface area contributed by atoms with Gasteiger partial charge >= 0.3 is 13.1 Å². The summed E-state index contributed by atoms with van der Waals surface area (Å²) >= 11 is 1.07. The summed E-state index contributed by atoms with van der Waals surface area (Å²) in [4.78, 5) is 28.9. The Morgan fingerprint density at radius 2 is 2.08 bits per heavy atom. The van der Waals surface area contributed by atoms with Crippen molar-refractivity contribution in [1.29, 1.82) is 0 Å². The number of thiazole rings is 1. The van der Waals surface area contributed by atoms with Crippen molar-refractivity contribution in [2.75, 3.05) is 32.5 Å². The molecule has 192 valence electrons. The van der Waals surface area contributed by atoms with E-state index in [1.165, 1.54) is 5.38 Å². The highest BCUT2D eigenvalue weighted by Gasteiger charge is 2.40. The Bertz CT molecular complexity index is 1180. The number of carboxylic acids is 1. The van der Waals surface area contributed by atoms with E-state index >= 15 is 0 Å². The van der Waals surface area contributed by atoms with Crippen LogP contribution >= 0.6 is 11.3 Å². The Kier molecular flexibility index (Phi) is 7.50. The van der Waals surface area contributed by atoms with E-state index in [1.54, 1.807) is 12.1 Å². The first-order valence-electron chi connectivity index (χ1n) is 11.6. The van der Waals surface area contributed by atoms with E-state index in [2.05, 4.69) is 22.5 Å². The average Bonchev–Trinajstić information content (AvgIpc) is 3.26. The maximum Gasteiger partial charge on any atom is 0.547 e. The van der Waals surface area contributed by atoms with Gasteiger partial charge in [-0.1, -0.05) is 17.3 Å². The molecule has 1 atom stereocenters. The lowest BCUT2D eigenvalue weighted by Crippen LogP contribution is -2.54. The summed E-state index contributed by atoms with van der Waals surface area (Å²) in [6.07, 6.45) is 1.83. The first-order chi connectivity index (χ1) is 17.1. The van der Waals surface area contributed by atoms with Crippen LogP contribution in [0.5, 0.6) is 5.75 Å². The fourth-order valence-corrected chi connectivity index (χ4v) is 5.38. The normalized spacial score (nSPS) is 24.1. The number of piperidine rings is 1. The molecule has 1 fully saturated rings. The molecule has 1 amide bonds. The lowest BCUT2D eigenvalue weighted by molar-refractivity contribution is -0.928. The first-order valence-corrected chi connectivity index (χ1v) is 12.4. The van der Waals surface area contributed by atoms with Crippen molar-refractivity contribution < 1.29 is 39.2 Å². The maximum absolute atomic E-state index is 12.7. The molecule has 3 heterocycles. The van der Waals surface area contributed by atoms with Crippen LogP contribution in [0.4, 0.5) is 5.13 Å². The summed E-state index contributed by atoms with van der Waals surface area (Å²) in [7, 11) is 0.538. The molecule has 36 heavy (non-hydrogen) atoms. The molecule has 0 saturated carbocycles. The number of aliphatic hydroxyl groups is 1. The Hall–Kier alpha value is -3.20. The smallest absolute Gasteiger partial charge is 0.534 e. The molecule has 0 unspecified atom stereocenters. The molecule has 2 aliphatic rings. The Morgan fingerprint density at radius 1 is 1.36 bits per heavy atom. The molecule has 1 aromatic heterocycles. The minimum Gasteiger partial charge on any atom is -0.534 e. The largest absolute Gasteiger partial charge is 0.547 e. The summed E-state index contributed by atoms with van der Waals surface area (Å²) in [5, 5.41) is 46.6. The molecule has 4 rings (SSSR count). The predicted octanol–water partition coefficient (Wildman–Crippen LogP) is 0.0903. The number of nitrogens with two attached hydrogens (primary N) is 1. The van der Waals surface area contributed by atoms with Gasteiger partial charge in [-0.2, -0.15) is 0 Å². The SMILES string of the molecule is C[N+]1(Cc2ccc3c(c2C(=O)O)OB(O)[C@@H](NC(=O)/C(=N\O)c2csc(N)n2)C3)CCC(CO)CC1. The molecule has 2 aliphatic heterocycles. The van der Waals surface area contributed by atoms with E-state index in [-0.39, 0.29) is 46.8 Å². The molecular weight excluding hydrogens is 489 g/mol. The Balaban J connectivity index is 1.54. The molecule has 1 aromatic carbocycles. The summed E-state index contributed by atoms with van der Waals surface area (Å²) in [6.45, 7) is 2.27. The molecular formula is C22H29BN5O7S+. The predicted molar refractivity (Wildman–Crippen MR) is 132 cm³/mol. The van der Waals surface area contributed by atoms with Gasteiger partial charge in [0.05, 0.1) is 26.1 Å². The fraction of sp³-hybridized carbons (Fsp3) is 0.455. The van der Waals surface area contributed by atoms with Crippen LogP contribution in [0.3, 0.4) is 0 Å². The molecule has 1 saturated heterocycles. The van der Waals surface area contributed by atoms with E-state index in [9.17, 15) is 30.0 Å². The molecule has 2 aromatic rings. The van der Waals surface area contributed by atoms with Crippen LogP contribution < -0.4 is 15.7 Å². The van der Waals surface area contributed by atoms with Gasteiger partial charge in [-0.15, -0.1) is 11.3 Å². The zero-order valence-electron chi connectivity index (χ0n) is 19.8. The van der Waals surface area contributed by atoms with Crippen molar-refractivity contribution in [2.45, 2.75) is 31.7 Å². The number of nitrogen functional groups attached to an aromatic ring is 1. The first kappa shape index (κ1) is 25.9. The number of fused-ring (bicyclic) bond motifs is 1. The number of aliphatic hydroxyl groups excluding tert-OH is 1. The van der Waals surface area contributed by atoms with Gasteiger partial charge in [0.2, 0.25) is 0 Å². The van der Waals surface area contributed by atoms with Crippen molar-refractivity contribution >= 4 is 41.2 Å². The number of likely N-dealkylation sites (tertiary alicyclic amines) is 1. The van der Waals surface area contributed by atoms with Crippen LogP contribution in [0.25, 0.3) is 0 Å². The van der Waals surface area contributed by atoms with Crippen molar-refractivity contribution in [3.05, 3.63) is 39.9 Å². The van der Waals surface area contributed by atoms with Crippen molar-refractivity contribution in [3.8, 4) is 5.75 Å². The highest BCUT2D eigenvalue weighted by atomic mass is 32.1. The third-order valence-corrected chi connectivity index (χ3v) is 7.60. The van der Waals surface area contributed by atoms with Crippen molar-refractivity contribution in [1.82, 2.24) is 10.3 Å². The van der Waals surface area contributed by atoms with Crippen molar-refractivity contribution in [3.63, 3.8) is 0 Å². The number of hydrogen-bond acceptors (Lipinski definition) is 10. The second kappa shape index (κ2) is 10.4. The summed E-state index contributed by atoms with van der Waals surface area (Å²) in [5.41, 5.74) is 6.41. The molecule has 0 spiro atoms. The minimum atomic E-state index is -1.53. The quantitative estimate of drug-likeness (QED) is 0.0971. The van der Waals surface area contributed by atoms with E-state index in [0.717, 1.165) is 37.3 Å². The molecule has 0 radical (unpaired) electrons. The number of hydrogen-bond donors (Lipinski definition) is 6. The zero-order valence-corrected chi connectivity index (χ0v) is 20.6. The zero-order chi connectivity index (χ0) is 26.0. The van der Waals surface area contributed by atoms with Crippen LogP contribution in [0.2, 0.25) is 0 Å². The van der Waals surface area contributed by atoms with Crippen LogP contribution in [-0.2, 0) is 17.8 Å². The second-order valence-electron chi connectivity index (χ2n) is 9.56. The van der Waals surface area contributed by atoms with E-state index in [1.807, 2.05) is 0 Å². The van der Waals surface area contributed by atoms with Gasteiger partial charge in [0, 0.05) is 30.4 Å². The number of benzene rings is 1. The monoisotopic (exact) mass is 518 g/mol. The van der Waals surface area contributed by atoms with E-state index in [4.69, 9.17) is 10.4 Å². The van der Waals surface area contributed by atoms with Gasteiger partial charge in [0.1, 0.15) is 23.6 Å². The van der Waals surface area contributed by atoms with E-state index in [0.29, 0.717) is 22.2 Å². The van der Waals surface area contributed by atoms with Gasteiger partial charge < -0.3 is 40.6 Å². The van der Waals surface area contributed by atoms with E-state index < -0.39 is 24.9 Å². The maximum atomic E-state index is 12.7. The van der Waals surface area contributed by atoms with Gasteiger partial charge in [-0.05, 0) is 17.9 Å². The van der Waals surface area contributed by atoms with Gasteiger partial charge in [0.25, 0.3) is 5.91 Å². The lowest BCUT2D eigenvalue weighted by atomic mass is 9.72. The number of aromatic nitrogens is 1.